The van der Waals surface area contributed by atoms with Crippen LogP contribution in [0.25, 0.3) is 0 Å². The van der Waals surface area contributed by atoms with E-state index in [2.05, 4.69) is 22.6 Å². The maximum atomic E-state index is 11.4. The van der Waals surface area contributed by atoms with Gasteiger partial charge < -0.3 is 15.5 Å². The van der Waals surface area contributed by atoms with Crippen LogP contribution in [-0.4, -0.2) is 50.1 Å². The molecule has 1 amide bonds. The lowest BCUT2D eigenvalue weighted by Gasteiger charge is -2.29. The van der Waals surface area contributed by atoms with Crippen molar-refractivity contribution in [1.29, 1.82) is 0 Å². The second-order valence-electron chi connectivity index (χ2n) is 5.90. The molecule has 0 aromatic rings. The van der Waals surface area contributed by atoms with Gasteiger partial charge in [-0.2, -0.15) is 0 Å². The number of amides is 1. The summed E-state index contributed by atoms with van der Waals surface area (Å²) in [5.74, 6) is 1.07. The molecule has 4 nitrogen and oxygen atoms in total. The summed E-state index contributed by atoms with van der Waals surface area (Å²) in [5, 5.41) is 6.52. The summed E-state index contributed by atoms with van der Waals surface area (Å²) < 4.78 is 0. The highest BCUT2D eigenvalue weighted by atomic mass is 16.1. The fourth-order valence-corrected chi connectivity index (χ4v) is 2.47. The molecule has 2 rings (SSSR count). The zero-order valence-electron chi connectivity index (χ0n) is 11.6. The van der Waals surface area contributed by atoms with Gasteiger partial charge in [-0.05, 0) is 71.2 Å². The van der Waals surface area contributed by atoms with E-state index in [0.29, 0.717) is 12.5 Å². The van der Waals surface area contributed by atoms with E-state index >= 15 is 0 Å². The van der Waals surface area contributed by atoms with Gasteiger partial charge in [0.15, 0.2) is 0 Å². The first-order valence-electron chi connectivity index (χ1n) is 7.42. The fraction of sp³-hybridized carbons (Fsp3) is 0.929. The first kappa shape index (κ1) is 13.8. The van der Waals surface area contributed by atoms with Gasteiger partial charge in [-0.3, -0.25) is 4.79 Å². The lowest BCUT2D eigenvalue weighted by molar-refractivity contribution is -0.121. The van der Waals surface area contributed by atoms with Crippen molar-refractivity contribution in [2.45, 2.75) is 44.6 Å². The van der Waals surface area contributed by atoms with Crippen LogP contribution in [0.15, 0.2) is 0 Å². The minimum Gasteiger partial charge on any atom is -0.353 e. The lowest BCUT2D eigenvalue weighted by Crippen LogP contribution is -2.35. The Morgan fingerprint density at radius 2 is 1.94 bits per heavy atom. The van der Waals surface area contributed by atoms with E-state index in [4.69, 9.17) is 0 Å². The van der Waals surface area contributed by atoms with Gasteiger partial charge in [-0.25, -0.2) is 0 Å². The highest BCUT2D eigenvalue weighted by Crippen LogP contribution is 2.18. The summed E-state index contributed by atoms with van der Waals surface area (Å²) in [6.45, 7) is 4.56. The van der Waals surface area contributed by atoms with Crippen LogP contribution in [0.1, 0.15) is 38.5 Å². The second kappa shape index (κ2) is 7.10. The highest BCUT2D eigenvalue weighted by Gasteiger charge is 2.22. The largest absolute Gasteiger partial charge is 0.353 e. The Morgan fingerprint density at radius 1 is 1.22 bits per heavy atom. The van der Waals surface area contributed by atoms with Crippen molar-refractivity contribution < 1.29 is 4.79 Å². The summed E-state index contributed by atoms with van der Waals surface area (Å²) in [6, 6.07) is 0.504. The molecule has 1 saturated carbocycles. The maximum absolute atomic E-state index is 11.4. The van der Waals surface area contributed by atoms with Crippen LogP contribution in [0.5, 0.6) is 0 Å². The SMILES string of the molecule is CN1CCC(CNCCCC(=O)NC2CC2)CC1. The van der Waals surface area contributed by atoms with Crippen molar-refractivity contribution in [2.24, 2.45) is 5.92 Å². The molecule has 4 heteroatoms. The summed E-state index contributed by atoms with van der Waals surface area (Å²) >= 11 is 0. The molecule has 0 radical (unpaired) electrons. The Balaban J connectivity index is 1.42. The molecule has 1 saturated heterocycles. The molecule has 1 aliphatic carbocycles. The topological polar surface area (TPSA) is 44.4 Å². The van der Waals surface area contributed by atoms with E-state index in [9.17, 15) is 4.79 Å². The molecule has 104 valence electrons. The molecule has 0 aromatic heterocycles. The van der Waals surface area contributed by atoms with Crippen LogP contribution in [0.2, 0.25) is 0 Å². The van der Waals surface area contributed by atoms with Gasteiger partial charge in [0.25, 0.3) is 0 Å². The van der Waals surface area contributed by atoms with Crippen LogP contribution in [0.3, 0.4) is 0 Å². The minimum atomic E-state index is 0.235. The Labute approximate surface area is 110 Å². The normalized spacial score (nSPS) is 22.1. The second-order valence-corrected chi connectivity index (χ2v) is 5.90. The zero-order chi connectivity index (χ0) is 12.8. The molecule has 2 N–H and O–H groups in total. The molecule has 1 aliphatic heterocycles. The lowest BCUT2D eigenvalue weighted by atomic mass is 9.97. The Bertz CT molecular complexity index is 258. The number of likely N-dealkylation sites (tertiary alicyclic amines) is 1. The standard InChI is InChI=1S/C14H27N3O/c1-17-9-6-12(7-10-17)11-15-8-2-3-14(18)16-13-4-5-13/h12-13,15H,2-11H2,1H3,(H,16,18). The monoisotopic (exact) mass is 253 g/mol. The summed E-state index contributed by atoms with van der Waals surface area (Å²) in [7, 11) is 2.20. The molecule has 0 spiro atoms. The van der Waals surface area contributed by atoms with E-state index in [1.165, 1.54) is 38.8 Å². The number of carbonyl (C=O) groups excluding carboxylic acids is 1. The van der Waals surface area contributed by atoms with E-state index in [1.807, 2.05) is 0 Å². The average Bonchev–Trinajstić information content (AvgIpc) is 3.15. The molecule has 2 fully saturated rings. The van der Waals surface area contributed by atoms with Crippen molar-refractivity contribution in [3.8, 4) is 0 Å². The van der Waals surface area contributed by atoms with Crippen LogP contribution >= 0.6 is 0 Å². The summed E-state index contributed by atoms with van der Waals surface area (Å²) in [6.07, 6.45) is 6.62. The van der Waals surface area contributed by atoms with Gasteiger partial charge in [0.2, 0.25) is 5.91 Å². The molecule has 0 aromatic carbocycles. The third kappa shape index (κ3) is 5.36. The van der Waals surface area contributed by atoms with Gasteiger partial charge >= 0.3 is 0 Å². The van der Waals surface area contributed by atoms with Gasteiger partial charge in [-0.1, -0.05) is 0 Å². The molecule has 0 atom stereocenters. The number of hydrogen-bond donors (Lipinski definition) is 2. The third-order valence-electron chi connectivity index (χ3n) is 3.97. The molecule has 0 unspecified atom stereocenters. The van der Waals surface area contributed by atoms with E-state index in [-0.39, 0.29) is 5.91 Å². The Morgan fingerprint density at radius 3 is 2.61 bits per heavy atom. The number of hydrogen-bond acceptors (Lipinski definition) is 3. The molecule has 18 heavy (non-hydrogen) atoms. The van der Waals surface area contributed by atoms with Crippen molar-refractivity contribution in [1.82, 2.24) is 15.5 Å². The zero-order valence-corrected chi connectivity index (χ0v) is 11.6. The number of nitrogens with zero attached hydrogens (tertiary/aromatic N) is 1. The number of piperidine rings is 1. The smallest absolute Gasteiger partial charge is 0.220 e. The predicted octanol–water partition coefficient (Wildman–Crippen LogP) is 0.977. The van der Waals surface area contributed by atoms with Crippen molar-refractivity contribution in [3.05, 3.63) is 0 Å². The molecule has 0 bridgehead atoms. The van der Waals surface area contributed by atoms with Crippen molar-refractivity contribution in [2.75, 3.05) is 33.2 Å². The molecular weight excluding hydrogens is 226 g/mol. The molecule has 1 heterocycles. The van der Waals surface area contributed by atoms with E-state index in [0.717, 1.165) is 25.4 Å². The van der Waals surface area contributed by atoms with Crippen LogP contribution < -0.4 is 10.6 Å². The van der Waals surface area contributed by atoms with Gasteiger partial charge in [0.1, 0.15) is 0 Å². The predicted molar refractivity (Wildman–Crippen MR) is 73.5 cm³/mol. The maximum Gasteiger partial charge on any atom is 0.220 e. The van der Waals surface area contributed by atoms with E-state index in [1.54, 1.807) is 0 Å². The van der Waals surface area contributed by atoms with Crippen LogP contribution in [0, 0.1) is 5.92 Å². The van der Waals surface area contributed by atoms with Gasteiger partial charge in [0, 0.05) is 12.5 Å². The molecule has 2 aliphatic rings. The number of nitrogens with one attached hydrogen (secondary N) is 2. The minimum absolute atomic E-state index is 0.235. The first-order chi connectivity index (χ1) is 8.74. The van der Waals surface area contributed by atoms with Gasteiger partial charge in [-0.15, -0.1) is 0 Å². The van der Waals surface area contributed by atoms with Crippen LogP contribution in [0.4, 0.5) is 0 Å². The number of carbonyl (C=O) groups is 1. The molecular formula is C14H27N3O. The summed E-state index contributed by atoms with van der Waals surface area (Å²) in [4.78, 5) is 13.9. The van der Waals surface area contributed by atoms with Crippen LogP contribution in [-0.2, 0) is 4.79 Å². The Hall–Kier alpha value is -0.610. The highest BCUT2D eigenvalue weighted by molar-refractivity contribution is 5.76. The Kier molecular flexibility index (Phi) is 5.45. The third-order valence-corrected chi connectivity index (χ3v) is 3.97. The van der Waals surface area contributed by atoms with Crippen molar-refractivity contribution >= 4 is 5.91 Å². The quantitative estimate of drug-likeness (QED) is 0.665. The summed E-state index contributed by atoms with van der Waals surface area (Å²) in [5.41, 5.74) is 0. The average molecular weight is 253 g/mol. The van der Waals surface area contributed by atoms with Crippen molar-refractivity contribution in [3.63, 3.8) is 0 Å². The fourth-order valence-electron chi connectivity index (χ4n) is 2.47. The van der Waals surface area contributed by atoms with E-state index < -0.39 is 0 Å². The number of rotatable bonds is 7. The van der Waals surface area contributed by atoms with Gasteiger partial charge in [0.05, 0.1) is 0 Å². The first-order valence-corrected chi connectivity index (χ1v) is 7.42.